The summed E-state index contributed by atoms with van der Waals surface area (Å²) < 4.78 is 6.86. The van der Waals surface area contributed by atoms with Gasteiger partial charge in [0.15, 0.2) is 0 Å². The second-order valence-corrected chi connectivity index (χ2v) is 4.98. The van der Waals surface area contributed by atoms with Gasteiger partial charge < -0.3 is 9.84 Å². The van der Waals surface area contributed by atoms with Crippen molar-refractivity contribution < 1.29 is 9.32 Å². The molecule has 0 unspecified atom stereocenters. The minimum absolute atomic E-state index is 0.0175. The maximum Gasteiger partial charge on any atom is 0.220 e. The molecule has 1 N–H and O–H groups in total. The Morgan fingerprint density at radius 1 is 1.40 bits per heavy atom. The van der Waals surface area contributed by atoms with Gasteiger partial charge in [-0.2, -0.15) is 5.10 Å². The number of carbonyl (C=O) groups excluding carboxylic acids is 1. The van der Waals surface area contributed by atoms with E-state index in [-0.39, 0.29) is 5.91 Å². The van der Waals surface area contributed by atoms with E-state index < -0.39 is 0 Å². The maximum absolute atomic E-state index is 11.9. The third kappa shape index (κ3) is 3.26. The molecule has 1 amide bonds. The molecule has 2 rings (SSSR count). The van der Waals surface area contributed by atoms with Crippen LogP contribution in [-0.4, -0.2) is 20.8 Å². The van der Waals surface area contributed by atoms with Gasteiger partial charge in [0.05, 0.1) is 23.6 Å². The normalized spacial score (nSPS) is 10.8. The first-order chi connectivity index (χ1) is 9.47. The molecule has 6 nitrogen and oxygen atoms in total. The quantitative estimate of drug-likeness (QED) is 0.900. The summed E-state index contributed by atoms with van der Waals surface area (Å²) in [4.78, 5) is 11.9. The Hall–Kier alpha value is -2.11. The molecule has 0 saturated heterocycles. The van der Waals surface area contributed by atoms with Crippen LogP contribution in [0.5, 0.6) is 0 Å². The lowest BCUT2D eigenvalue weighted by molar-refractivity contribution is -0.121. The predicted molar refractivity (Wildman–Crippen MR) is 74.1 cm³/mol. The molecule has 0 bridgehead atoms. The van der Waals surface area contributed by atoms with Gasteiger partial charge in [-0.1, -0.05) is 5.16 Å². The van der Waals surface area contributed by atoms with E-state index in [0.717, 1.165) is 28.4 Å². The van der Waals surface area contributed by atoms with Gasteiger partial charge in [0.25, 0.3) is 0 Å². The van der Waals surface area contributed by atoms with Crippen LogP contribution < -0.4 is 5.32 Å². The molecule has 2 aromatic heterocycles. The topological polar surface area (TPSA) is 73.0 Å². The van der Waals surface area contributed by atoms with Gasteiger partial charge in [0.1, 0.15) is 5.76 Å². The van der Waals surface area contributed by atoms with Crippen molar-refractivity contribution in [2.45, 2.75) is 40.2 Å². The summed E-state index contributed by atoms with van der Waals surface area (Å²) >= 11 is 0. The lowest BCUT2D eigenvalue weighted by Crippen LogP contribution is -2.24. The fourth-order valence-corrected chi connectivity index (χ4v) is 2.20. The van der Waals surface area contributed by atoms with Crippen LogP contribution in [0.15, 0.2) is 10.6 Å². The second-order valence-electron chi connectivity index (χ2n) is 4.98. The Morgan fingerprint density at radius 3 is 2.70 bits per heavy atom. The molecular formula is C14H20N4O2. The Kier molecular flexibility index (Phi) is 4.22. The number of rotatable bonds is 5. The van der Waals surface area contributed by atoms with E-state index in [2.05, 4.69) is 15.6 Å². The smallest absolute Gasteiger partial charge is 0.220 e. The number of nitrogens with one attached hydrogen (secondary N) is 1. The number of amides is 1. The molecule has 0 fully saturated rings. The zero-order valence-corrected chi connectivity index (χ0v) is 12.4. The number of hydrogen-bond donors (Lipinski definition) is 1. The molecule has 0 radical (unpaired) electrons. The Labute approximate surface area is 118 Å². The van der Waals surface area contributed by atoms with Crippen LogP contribution in [0, 0.1) is 20.8 Å². The molecule has 0 atom stereocenters. The van der Waals surface area contributed by atoms with E-state index in [4.69, 9.17) is 4.52 Å². The van der Waals surface area contributed by atoms with Crippen LogP contribution in [-0.2, 0) is 24.8 Å². The van der Waals surface area contributed by atoms with Gasteiger partial charge in [-0.3, -0.25) is 9.48 Å². The maximum atomic E-state index is 11.9. The number of aryl methyl sites for hydroxylation is 4. The minimum Gasteiger partial charge on any atom is -0.361 e. The molecule has 0 aliphatic heterocycles. The zero-order chi connectivity index (χ0) is 14.7. The van der Waals surface area contributed by atoms with E-state index in [1.165, 1.54) is 0 Å². The van der Waals surface area contributed by atoms with Gasteiger partial charge in [0, 0.05) is 19.0 Å². The summed E-state index contributed by atoms with van der Waals surface area (Å²) in [6.45, 7) is 6.19. The standard InChI is InChI=1S/C14H20N4O2/c1-9-7-12(18(4)16-9)8-15-14(19)6-5-13-10(2)17-20-11(13)3/h7H,5-6,8H2,1-4H3,(H,15,19). The van der Waals surface area contributed by atoms with Crippen LogP contribution >= 0.6 is 0 Å². The van der Waals surface area contributed by atoms with E-state index in [1.54, 1.807) is 4.68 Å². The lowest BCUT2D eigenvalue weighted by atomic mass is 10.1. The summed E-state index contributed by atoms with van der Waals surface area (Å²) in [5, 5.41) is 11.0. The summed E-state index contributed by atoms with van der Waals surface area (Å²) in [5.74, 6) is 0.807. The Balaban J connectivity index is 1.83. The highest BCUT2D eigenvalue weighted by Crippen LogP contribution is 2.14. The molecule has 0 aromatic carbocycles. The summed E-state index contributed by atoms with van der Waals surface area (Å²) in [5.41, 5.74) is 3.83. The Morgan fingerprint density at radius 2 is 2.15 bits per heavy atom. The van der Waals surface area contributed by atoms with E-state index in [0.29, 0.717) is 19.4 Å². The molecule has 2 aromatic rings. The summed E-state index contributed by atoms with van der Waals surface area (Å²) in [6, 6.07) is 1.97. The lowest BCUT2D eigenvalue weighted by Gasteiger charge is -2.05. The highest BCUT2D eigenvalue weighted by atomic mass is 16.5. The molecule has 0 aliphatic carbocycles. The third-order valence-electron chi connectivity index (χ3n) is 3.35. The van der Waals surface area contributed by atoms with Gasteiger partial charge >= 0.3 is 0 Å². The van der Waals surface area contributed by atoms with Crippen LogP contribution in [0.1, 0.15) is 34.8 Å². The fraction of sp³-hybridized carbons (Fsp3) is 0.500. The van der Waals surface area contributed by atoms with E-state index in [9.17, 15) is 4.79 Å². The van der Waals surface area contributed by atoms with Gasteiger partial charge in [-0.05, 0) is 33.3 Å². The number of aromatic nitrogens is 3. The highest BCUT2D eigenvalue weighted by Gasteiger charge is 2.11. The van der Waals surface area contributed by atoms with Crippen molar-refractivity contribution in [1.82, 2.24) is 20.3 Å². The number of nitrogens with zero attached hydrogens (tertiary/aromatic N) is 3. The van der Waals surface area contributed by atoms with Crippen molar-refractivity contribution in [3.8, 4) is 0 Å². The van der Waals surface area contributed by atoms with E-state index in [1.807, 2.05) is 33.9 Å². The fourth-order valence-electron chi connectivity index (χ4n) is 2.20. The molecule has 6 heteroatoms. The van der Waals surface area contributed by atoms with Crippen molar-refractivity contribution in [2.24, 2.45) is 7.05 Å². The molecule has 0 spiro atoms. The molecule has 108 valence electrons. The number of hydrogen-bond acceptors (Lipinski definition) is 4. The van der Waals surface area contributed by atoms with Crippen LogP contribution in [0.4, 0.5) is 0 Å². The average Bonchev–Trinajstić information content (AvgIpc) is 2.88. The van der Waals surface area contributed by atoms with Crippen molar-refractivity contribution >= 4 is 5.91 Å². The molecule has 2 heterocycles. The van der Waals surface area contributed by atoms with Crippen molar-refractivity contribution in [3.05, 3.63) is 34.5 Å². The largest absolute Gasteiger partial charge is 0.361 e. The Bertz CT molecular complexity index is 593. The van der Waals surface area contributed by atoms with Crippen LogP contribution in [0.3, 0.4) is 0 Å². The van der Waals surface area contributed by atoms with Crippen LogP contribution in [0.2, 0.25) is 0 Å². The monoisotopic (exact) mass is 276 g/mol. The van der Waals surface area contributed by atoms with Gasteiger partial charge in [-0.15, -0.1) is 0 Å². The van der Waals surface area contributed by atoms with Crippen molar-refractivity contribution in [1.29, 1.82) is 0 Å². The predicted octanol–water partition coefficient (Wildman–Crippen LogP) is 1.58. The first kappa shape index (κ1) is 14.3. The van der Waals surface area contributed by atoms with Crippen LogP contribution in [0.25, 0.3) is 0 Å². The minimum atomic E-state index is 0.0175. The summed E-state index contributed by atoms with van der Waals surface area (Å²) in [7, 11) is 1.87. The van der Waals surface area contributed by atoms with Gasteiger partial charge in [0.2, 0.25) is 5.91 Å². The first-order valence-corrected chi connectivity index (χ1v) is 6.65. The molecular weight excluding hydrogens is 256 g/mol. The SMILES string of the molecule is Cc1cc(CNC(=O)CCc2c(C)noc2C)n(C)n1. The summed E-state index contributed by atoms with van der Waals surface area (Å²) in [6.07, 6.45) is 1.08. The highest BCUT2D eigenvalue weighted by molar-refractivity contribution is 5.76. The second kappa shape index (κ2) is 5.90. The third-order valence-corrected chi connectivity index (χ3v) is 3.35. The molecule has 0 saturated carbocycles. The first-order valence-electron chi connectivity index (χ1n) is 6.65. The number of carbonyl (C=O) groups is 1. The zero-order valence-electron chi connectivity index (χ0n) is 12.4. The average molecular weight is 276 g/mol. The van der Waals surface area contributed by atoms with Crippen molar-refractivity contribution in [3.63, 3.8) is 0 Å². The van der Waals surface area contributed by atoms with Gasteiger partial charge in [-0.25, -0.2) is 0 Å². The van der Waals surface area contributed by atoms with Crippen molar-refractivity contribution in [2.75, 3.05) is 0 Å². The van der Waals surface area contributed by atoms with E-state index >= 15 is 0 Å². The molecule has 20 heavy (non-hydrogen) atoms. The molecule has 0 aliphatic rings.